The zero-order valence-corrected chi connectivity index (χ0v) is 13.7. The van der Waals surface area contributed by atoms with Crippen molar-refractivity contribution in [1.82, 2.24) is 15.3 Å². The van der Waals surface area contributed by atoms with Gasteiger partial charge in [-0.2, -0.15) is 0 Å². The third-order valence-electron chi connectivity index (χ3n) is 4.02. The van der Waals surface area contributed by atoms with Gasteiger partial charge in [-0.3, -0.25) is 4.79 Å². The fourth-order valence-corrected chi connectivity index (χ4v) is 2.84. The average molecular weight is 331 g/mol. The van der Waals surface area contributed by atoms with Crippen LogP contribution in [0.1, 0.15) is 41.7 Å². The van der Waals surface area contributed by atoms with Gasteiger partial charge in [0.25, 0.3) is 5.91 Å². The first-order chi connectivity index (χ1) is 11.1. The SMILES string of the molecule is Cc1ccc(Nc2cnc(C(=O)NC3CCCC3)cn2)cc1Cl. The number of carbonyl (C=O) groups is 1. The predicted octanol–water partition coefficient (Wildman–Crippen LogP) is 3.85. The van der Waals surface area contributed by atoms with Crippen LogP contribution in [0, 0.1) is 6.92 Å². The summed E-state index contributed by atoms with van der Waals surface area (Å²) in [6.07, 6.45) is 7.50. The van der Waals surface area contributed by atoms with Gasteiger partial charge < -0.3 is 10.6 Å². The van der Waals surface area contributed by atoms with Crippen LogP contribution >= 0.6 is 11.6 Å². The molecule has 1 aromatic carbocycles. The lowest BCUT2D eigenvalue weighted by Gasteiger charge is -2.11. The first-order valence-corrected chi connectivity index (χ1v) is 8.16. The molecule has 3 rings (SSSR count). The second-order valence-corrected chi connectivity index (χ2v) is 6.24. The number of hydrogen-bond acceptors (Lipinski definition) is 4. The van der Waals surface area contributed by atoms with E-state index < -0.39 is 0 Å². The van der Waals surface area contributed by atoms with Crippen LogP contribution < -0.4 is 10.6 Å². The van der Waals surface area contributed by atoms with E-state index in [0.29, 0.717) is 16.5 Å². The molecule has 0 aliphatic heterocycles. The Morgan fingerprint density at radius 1 is 1.22 bits per heavy atom. The quantitative estimate of drug-likeness (QED) is 0.893. The van der Waals surface area contributed by atoms with E-state index in [-0.39, 0.29) is 11.9 Å². The number of carbonyl (C=O) groups excluding carboxylic acids is 1. The van der Waals surface area contributed by atoms with Gasteiger partial charge in [0.05, 0.1) is 12.4 Å². The number of hydrogen-bond donors (Lipinski definition) is 2. The number of amides is 1. The molecule has 0 atom stereocenters. The highest BCUT2D eigenvalue weighted by atomic mass is 35.5. The average Bonchev–Trinajstić information content (AvgIpc) is 3.04. The van der Waals surface area contributed by atoms with Crippen molar-refractivity contribution < 1.29 is 4.79 Å². The Kier molecular flexibility index (Phi) is 4.76. The van der Waals surface area contributed by atoms with Gasteiger partial charge >= 0.3 is 0 Å². The maximum Gasteiger partial charge on any atom is 0.271 e. The third-order valence-corrected chi connectivity index (χ3v) is 4.43. The Morgan fingerprint density at radius 2 is 2.00 bits per heavy atom. The smallest absolute Gasteiger partial charge is 0.271 e. The molecule has 5 nitrogen and oxygen atoms in total. The molecule has 0 radical (unpaired) electrons. The lowest BCUT2D eigenvalue weighted by molar-refractivity contribution is 0.0932. The number of rotatable bonds is 4. The Bertz CT molecular complexity index is 696. The highest BCUT2D eigenvalue weighted by molar-refractivity contribution is 6.31. The van der Waals surface area contributed by atoms with Crippen molar-refractivity contribution in [2.75, 3.05) is 5.32 Å². The maximum atomic E-state index is 12.1. The molecule has 1 saturated carbocycles. The lowest BCUT2D eigenvalue weighted by atomic mass is 10.2. The Morgan fingerprint density at radius 3 is 2.65 bits per heavy atom. The lowest BCUT2D eigenvalue weighted by Crippen LogP contribution is -2.33. The topological polar surface area (TPSA) is 66.9 Å². The van der Waals surface area contributed by atoms with E-state index >= 15 is 0 Å². The maximum absolute atomic E-state index is 12.1. The van der Waals surface area contributed by atoms with Crippen molar-refractivity contribution in [1.29, 1.82) is 0 Å². The van der Waals surface area contributed by atoms with Crippen molar-refractivity contribution in [3.63, 3.8) is 0 Å². The van der Waals surface area contributed by atoms with E-state index in [1.807, 2.05) is 25.1 Å². The summed E-state index contributed by atoms with van der Waals surface area (Å²) in [6.45, 7) is 1.95. The molecular formula is C17H19ClN4O. The van der Waals surface area contributed by atoms with Gasteiger partial charge in [0.2, 0.25) is 0 Å². The number of aryl methyl sites for hydroxylation is 1. The molecule has 0 unspecified atom stereocenters. The minimum Gasteiger partial charge on any atom is -0.348 e. The fraction of sp³-hybridized carbons (Fsp3) is 0.353. The van der Waals surface area contributed by atoms with E-state index in [1.54, 1.807) is 6.20 Å². The number of benzene rings is 1. The van der Waals surface area contributed by atoms with Crippen LogP contribution in [0.4, 0.5) is 11.5 Å². The molecule has 0 spiro atoms. The number of nitrogens with one attached hydrogen (secondary N) is 2. The number of halogens is 1. The largest absolute Gasteiger partial charge is 0.348 e. The van der Waals surface area contributed by atoms with Crippen molar-refractivity contribution in [2.24, 2.45) is 0 Å². The van der Waals surface area contributed by atoms with Crippen LogP contribution in [0.2, 0.25) is 5.02 Å². The molecule has 0 saturated heterocycles. The molecule has 1 heterocycles. The molecule has 0 bridgehead atoms. The molecule has 2 aromatic rings. The predicted molar refractivity (Wildman–Crippen MR) is 91.2 cm³/mol. The van der Waals surface area contributed by atoms with Crippen LogP contribution in [0.15, 0.2) is 30.6 Å². The normalized spacial score (nSPS) is 14.7. The molecule has 1 fully saturated rings. The number of anilines is 2. The minimum atomic E-state index is -0.158. The number of nitrogens with zero attached hydrogens (tertiary/aromatic N) is 2. The molecular weight excluding hydrogens is 312 g/mol. The van der Waals surface area contributed by atoms with Gasteiger partial charge in [-0.25, -0.2) is 9.97 Å². The fourth-order valence-electron chi connectivity index (χ4n) is 2.66. The summed E-state index contributed by atoms with van der Waals surface area (Å²) >= 11 is 6.10. The van der Waals surface area contributed by atoms with Crippen molar-refractivity contribution in [3.8, 4) is 0 Å². The molecule has 6 heteroatoms. The number of aromatic nitrogens is 2. The summed E-state index contributed by atoms with van der Waals surface area (Å²) in [4.78, 5) is 20.5. The minimum absolute atomic E-state index is 0.158. The van der Waals surface area contributed by atoms with Gasteiger partial charge in [-0.05, 0) is 37.5 Å². The molecule has 1 aromatic heterocycles. The molecule has 1 aliphatic carbocycles. The van der Waals surface area contributed by atoms with E-state index in [0.717, 1.165) is 24.1 Å². The Balaban J connectivity index is 1.64. The first-order valence-electron chi connectivity index (χ1n) is 7.78. The standard InChI is InChI=1S/C17H19ClN4O/c1-11-6-7-13(8-14(11)18)21-16-10-19-15(9-20-16)17(23)22-12-4-2-3-5-12/h6-10,12H,2-5H2,1H3,(H,20,21)(H,22,23). The highest BCUT2D eigenvalue weighted by Gasteiger charge is 2.18. The van der Waals surface area contributed by atoms with E-state index in [4.69, 9.17) is 11.6 Å². The summed E-state index contributed by atoms with van der Waals surface area (Å²) in [7, 11) is 0. The molecule has 1 aliphatic rings. The van der Waals surface area contributed by atoms with E-state index in [9.17, 15) is 4.79 Å². The van der Waals surface area contributed by atoms with Gasteiger partial charge in [0, 0.05) is 16.8 Å². The summed E-state index contributed by atoms with van der Waals surface area (Å²) in [5.74, 6) is 0.414. The summed E-state index contributed by atoms with van der Waals surface area (Å²) in [6, 6.07) is 5.96. The van der Waals surface area contributed by atoms with Gasteiger partial charge in [0.1, 0.15) is 11.5 Å². The van der Waals surface area contributed by atoms with E-state index in [1.165, 1.54) is 19.0 Å². The first kappa shape index (κ1) is 15.7. The molecule has 2 N–H and O–H groups in total. The van der Waals surface area contributed by atoms with Crippen LogP contribution in [0.3, 0.4) is 0 Å². The molecule has 23 heavy (non-hydrogen) atoms. The zero-order chi connectivity index (χ0) is 16.2. The summed E-state index contributed by atoms with van der Waals surface area (Å²) < 4.78 is 0. The van der Waals surface area contributed by atoms with Crippen LogP contribution in [-0.2, 0) is 0 Å². The van der Waals surface area contributed by atoms with Gasteiger partial charge in [0.15, 0.2) is 0 Å². The summed E-state index contributed by atoms with van der Waals surface area (Å²) in [5, 5.41) is 6.81. The van der Waals surface area contributed by atoms with Crippen molar-refractivity contribution >= 4 is 29.0 Å². The molecule has 120 valence electrons. The van der Waals surface area contributed by atoms with Crippen LogP contribution in [0.25, 0.3) is 0 Å². The molecule has 1 amide bonds. The summed E-state index contributed by atoms with van der Waals surface area (Å²) in [5.41, 5.74) is 2.18. The van der Waals surface area contributed by atoms with E-state index in [2.05, 4.69) is 20.6 Å². The zero-order valence-electron chi connectivity index (χ0n) is 13.0. The Hall–Kier alpha value is -2.14. The van der Waals surface area contributed by atoms with Gasteiger partial charge in [-0.15, -0.1) is 0 Å². The van der Waals surface area contributed by atoms with Crippen molar-refractivity contribution in [2.45, 2.75) is 38.6 Å². The highest BCUT2D eigenvalue weighted by Crippen LogP contribution is 2.22. The monoisotopic (exact) mass is 330 g/mol. The Labute approximate surface area is 140 Å². The second-order valence-electron chi connectivity index (χ2n) is 5.83. The third kappa shape index (κ3) is 3.99. The van der Waals surface area contributed by atoms with Gasteiger partial charge in [-0.1, -0.05) is 30.5 Å². The van der Waals surface area contributed by atoms with Crippen molar-refractivity contribution in [3.05, 3.63) is 46.9 Å². The van der Waals surface area contributed by atoms with Crippen LogP contribution in [-0.4, -0.2) is 21.9 Å². The second kappa shape index (κ2) is 6.96. The van der Waals surface area contributed by atoms with Crippen LogP contribution in [0.5, 0.6) is 0 Å².